The molecule has 0 heterocycles. The van der Waals surface area contributed by atoms with Gasteiger partial charge in [0.15, 0.2) is 0 Å². The smallest absolute Gasteiger partial charge is 0.241 e. The summed E-state index contributed by atoms with van der Waals surface area (Å²) in [6.45, 7) is 0. The van der Waals surface area contributed by atoms with Crippen molar-refractivity contribution in [2.75, 3.05) is 5.32 Å². The van der Waals surface area contributed by atoms with E-state index in [1.807, 2.05) is 30.3 Å². The highest BCUT2D eigenvalue weighted by atomic mass is 35.5. The van der Waals surface area contributed by atoms with Crippen molar-refractivity contribution in [3.05, 3.63) is 64.1 Å². The molecule has 1 amide bonds. The van der Waals surface area contributed by atoms with Gasteiger partial charge in [0, 0.05) is 0 Å². The summed E-state index contributed by atoms with van der Waals surface area (Å²) in [5.41, 5.74) is 7.47. The Morgan fingerprint density at radius 3 is 2.29 bits per heavy atom. The zero-order valence-electron chi connectivity index (χ0n) is 11.4. The van der Waals surface area contributed by atoms with E-state index < -0.39 is 6.04 Å². The van der Waals surface area contributed by atoms with Crippen LogP contribution in [0.4, 0.5) is 5.69 Å². The van der Waals surface area contributed by atoms with E-state index in [1.54, 1.807) is 18.2 Å². The maximum atomic E-state index is 12.1. The molecular weight excluding hydrogens is 307 g/mol. The Morgan fingerprint density at radius 2 is 1.67 bits per heavy atom. The third-order valence-corrected chi connectivity index (χ3v) is 3.76. The average molecular weight is 323 g/mol. The van der Waals surface area contributed by atoms with Crippen LogP contribution in [0.15, 0.2) is 48.5 Å². The summed E-state index contributed by atoms with van der Waals surface area (Å²) in [4.78, 5) is 12.1. The predicted molar refractivity (Wildman–Crippen MR) is 87.8 cm³/mol. The standard InChI is InChI=1S/C16H16Cl2N2O/c17-12-7-4-8-13(18)15(12)20-16(21)14(19)10-9-11-5-2-1-3-6-11/h1-8,14H,9-10,19H2,(H,20,21). The fourth-order valence-corrected chi connectivity index (χ4v) is 2.42. The first kappa shape index (κ1) is 15.8. The van der Waals surface area contributed by atoms with Crippen molar-refractivity contribution in [2.45, 2.75) is 18.9 Å². The molecule has 2 aromatic carbocycles. The first-order valence-electron chi connectivity index (χ1n) is 6.62. The number of carbonyl (C=O) groups excluding carboxylic acids is 1. The Balaban J connectivity index is 1.94. The van der Waals surface area contributed by atoms with Crippen molar-refractivity contribution in [3.63, 3.8) is 0 Å². The number of hydrogen-bond acceptors (Lipinski definition) is 2. The quantitative estimate of drug-likeness (QED) is 0.877. The molecular formula is C16H16Cl2N2O. The molecule has 0 radical (unpaired) electrons. The van der Waals surface area contributed by atoms with Crippen LogP contribution in [0.1, 0.15) is 12.0 Å². The van der Waals surface area contributed by atoms with Gasteiger partial charge in [-0.25, -0.2) is 0 Å². The minimum Gasteiger partial charge on any atom is -0.322 e. The lowest BCUT2D eigenvalue weighted by atomic mass is 10.1. The molecule has 0 saturated carbocycles. The van der Waals surface area contributed by atoms with Gasteiger partial charge in [-0.2, -0.15) is 0 Å². The number of anilines is 1. The van der Waals surface area contributed by atoms with Gasteiger partial charge in [-0.1, -0.05) is 59.6 Å². The van der Waals surface area contributed by atoms with E-state index in [0.717, 1.165) is 12.0 Å². The van der Waals surface area contributed by atoms with E-state index in [1.165, 1.54) is 0 Å². The highest BCUT2D eigenvalue weighted by Crippen LogP contribution is 2.29. The third kappa shape index (κ3) is 4.46. The maximum Gasteiger partial charge on any atom is 0.241 e. The molecule has 1 atom stereocenters. The van der Waals surface area contributed by atoms with Gasteiger partial charge < -0.3 is 11.1 Å². The summed E-state index contributed by atoms with van der Waals surface area (Å²) in [5, 5.41) is 3.48. The van der Waals surface area contributed by atoms with Crippen molar-refractivity contribution < 1.29 is 4.79 Å². The molecule has 0 spiro atoms. The molecule has 3 N–H and O–H groups in total. The van der Waals surface area contributed by atoms with Crippen LogP contribution < -0.4 is 11.1 Å². The number of carbonyl (C=O) groups is 1. The Labute approximate surface area is 134 Å². The van der Waals surface area contributed by atoms with Crippen LogP contribution >= 0.6 is 23.2 Å². The highest BCUT2D eigenvalue weighted by molar-refractivity contribution is 6.39. The number of hydrogen-bond donors (Lipinski definition) is 2. The van der Waals surface area contributed by atoms with Crippen LogP contribution in [0.25, 0.3) is 0 Å². The molecule has 1 unspecified atom stereocenters. The topological polar surface area (TPSA) is 55.1 Å². The summed E-state index contributed by atoms with van der Waals surface area (Å²) in [7, 11) is 0. The Bertz CT molecular complexity index is 597. The molecule has 21 heavy (non-hydrogen) atoms. The third-order valence-electron chi connectivity index (χ3n) is 3.13. The van der Waals surface area contributed by atoms with Gasteiger partial charge >= 0.3 is 0 Å². The Kier molecular flexibility index (Phi) is 5.62. The number of halogens is 2. The molecule has 0 bridgehead atoms. The number of nitrogens with two attached hydrogens (primary N) is 1. The van der Waals surface area contributed by atoms with Crippen molar-refractivity contribution in [1.82, 2.24) is 0 Å². The van der Waals surface area contributed by atoms with Crippen molar-refractivity contribution >= 4 is 34.8 Å². The molecule has 110 valence electrons. The monoisotopic (exact) mass is 322 g/mol. The number of benzene rings is 2. The molecule has 2 rings (SSSR count). The minimum absolute atomic E-state index is 0.291. The predicted octanol–water partition coefficient (Wildman–Crippen LogP) is 3.89. The maximum absolute atomic E-state index is 12.1. The lowest BCUT2D eigenvalue weighted by Crippen LogP contribution is -2.36. The molecule has 0 aliphatic heterocycles. The van der Waals surface area contributed by atoms with Crippen molar-refractivity contribution in [1.29, 1.82) is 0 Å². The SMILES string of the molecule is NC(CCc1ccccc1)C(=O)Nc1c(Cl)cccc1Cl. The second-order valence-electron chi connectivity index (χ2n) is 4.72. The Hall–Kier alpha value is -1.55. The molecule has 0 aromatic heterocycles. The van der Waals surface area contributed by atoms with Crippen LogP contribution in [-0.4, -0.2) is 11.9 Å². The lowest BCUT2D eigenvalue weighted by Gasteiger charge is -2.14. The molecule has 0 aliphatic rings. The zero-order valence-corrected chi connectivity index (χ0v) is 12.9. The van der Waals surface area contributed by atoms with Gasteiger partial charge in [-0.15, -0.1) is 0 Å². The molecule has 0 fully saturated rings. The summed E-state index contributed by atoms with van der Waals surface area (Å²) in [6, 6.07) is 14.3. The first-order valence-corrected chi connectivity index (χ1v) is 7.38. The van der Waals surface area contributed by atoms with Crippen LogP contribution in [0.3, 0.4) is 0 Å². The van der Waals surface area contributed by atoms with Gasteiger partial charge in [-0.3, -0.25) is 4.79 Å². The fraction of sp³-hybridized carbons (Fsp3) is 0.188. The summed E-state index contributed by atoms with van der Waals surface area (Å²) in [6.07, 6.45) is 1.30. The normalized spacial score (nSPS) is 12.0. The van der Waals surface area contributed by atoms with Gasteiger partial charge in [0.05, 0.1) is 21.8 Å². The minimum atomic E-state index is -0.613. The number of amides is 1. The lowest BCUT2D eigenvalue weighted by molar-refractivity contribution is -0.117. The second-order valence-corrected chi connectivity index (χ2v) is 5.53. The largest absolute Gasteiger partial charge is 0.322 e. The summed E-state index contributed by atoms with van der Waals surface area (Å²) >= 11 is 12.0. The number of para-hydroxylation sites is 1. The van der Waals surface area contributed by atoms with E-state index in [4.69, 9.17) is 28.9 Å². The number of nitrogens with one attached hydrogen (secondary N) is 1. The van der Waals surface area contributed by atoms with E-state index in [-0.39, 0.29) is 5.91 Å². The van der Waals surface area contributed by atoms with Crippen LogP contribution in [0.5, 0.6) is 0 Å². The highest BCUT2D eigenvalue weighted by Gasteiger charge is 2.16. The summed E-state index contributed by atoms with van der Waals surface area (Å²) < 4.78 is 0. The van der Waals surface area contributed by atoms with Crippen LogP contribution in [-0.2, 0) is 11.2 Å². The van der Waals surface area contributed by atoms with Gasteiger partial charge in [-0.05, 0) is 30.5 Å². The fourth-order valence-electron chi connectivity index (χ4n) is 1.93. The number of rotatable bonds is 5. The van der Waals surface area contributed by atoms with Crippen molar-refractivity contribution in [2.24, 2.45) is 5.73 Å². The van der Waals surface area contributed by atoms with Gasteiger partial charge in [0.2, 0.25) is 5.91 Å². The molecule has 3 nitrogen and oxygen atoms in total. The average Bonchev–Trinajstić information content (AvgIpc) is 2.49. The van der Waals surface area contributed by atoms with E-state index in [2.05, 4.69) is 5.32 Å². The van der Waals surface area contributed by atoms with Crippen LogP contribution in [0.2, 0.25) is 10.0 Å². The number of aryl methyl sites for hydroxylation is 1. The van der Waals surface area contributed by atoms with Crippen LogP contribution in [0, 0.1) is 0 Å². The summed E-state index contributed by atoms with van der Waals surface area (Å²) in [5.74, 6) is -0.291. The van der Waals surface area contributed by atoms with E-state index in [0.29, 0.717) is 22.2 Å². The molecule has 2 aromatic rings. The second kappa shape index (κ2) is 7.46. The van der Waals surface area contributed by atoms with E-state index in [9.17, 15) is 4.79 Å². The molecule has 0 aliphatic carbocycles. The first-order chi connectivity index (χ1) is 10.1. The molecule has 0 saturated heterocycles. The zero-order chi connectivity index (χ0) is 15.2. The van der Waals surface area contributed by atoms with E-state index >= 15 is 0 Å². The van der Waals surface area contributed by atoms with Gasteiger partial charge in [0.1, 0.15) is 0 Å². The molecule has 5 heteroatoms. The van der Waals surface area contributed by atoms with Crippen molar-refractivity contribution in [3.8, 4) is 0 Å². The Morgan fingerprint density at radius 1 is 1.05 bits per heavy atom. The van der Waals surface area contributed by atoms with Gasteiger partial charge in [0.25, 0.3) is 0 Å².